The van der Waals surface area contributed by atoms with E-state index in [0.717, 1.165) is 21.2 Å². The lowest BCUT2D eigenvalue weighted by Crippen LogP contribution is -2.25. The zero-order valence-electron chi connectivity index (χ0n) is 14.8. The molecular formula is C23H17BrO4. The number of ketones is 1. The minimum Gasteiger partial charge on any atom is -0.508 e. The molecule has 1 aliphatic rings. The van der Waals surface area contributed by atoms with Crippen molar-refractivity contribution in [1.82, 2.24) is 0 Å². The minimum absolute atomic E-state index is 0.0363. The van der Waals surface area contributed by atoms with Crippen molar-refractivity contribution in [2.24, 2.45) is 0 Å². The molecular weight excluding hydrogens is 420 g/mol. The molecule has 0 spiro atoms. The molecule has 4 rings (SSSR count). The van der Waals surface area contributed by atoms with Crippen LogP contribution in [0.25, 0.3) is 11.6 Å². The summed E-state index contributed by atoms with van der Waals surface area (Å²) in [6, 6.07) is 19.0. The molecule has 0 saturated carbocycles. The quantitative estimate of drug-likeness (QED) is 0.534. The van der Waals surface area contributed by atoms with Gasteiger partial charge in [-0.05, 0) is 48.0 Å². The lowest BCUT2D eigenvalue weighted by Gasteiger charge is -2.27. The van der Waals surface area contributed by atoms with Gasteiger partial charge in [0.05, 0.1) is 6.42 Å². The van der Waals surface area contributed by atoms with E-state index in [1.54, 1.807) is 54.6 Å². The Morgan fingerprint density at radius 1 is 0.929 bits per heavy atom. The van der Waals surface area contributed by atoms with E-state index in [4.69, 9.17) is 4.74 Å². The number of carbonyl (C=O) groups is 1. The number of phenols is 2. The van der Waals surface area contributed by atoms with Crippen molar-refractivity contribution >= 4 is 33.4 Å². The first-order valence-electron chi connectivity index (χ1n) is 8.79. The highest BCUT2D eigenvalue weighted by molar-refractivity contribution is 9.10. The Morgan fingerprint density at radius 3 is 2.32 bits per heavy atom. The second-order valence-electron chi connectivity index (χ2n) is 6.61. The van der Waals surface area contributed by atoms with Crippen LogP contribution >= 0.6 is 15.9 Å². The number of halogens is 1. The van der Waals surface area contributed by atoms with Crippen LogP contribution < -0.4 is 4.74 Å². The van der Waals surface area contributed by atoms with E-state index in [2.05, 4.69) is 15.9 Å². The maximum atomic E-state index is 12.8. The van der Waals surface area contributed by atoms with E-state index >= 15 is 0 Å². The van der Waals surface area contributed by atoms with Gasteiger partial charge in [0.1, 0.15) is 23.4 Å². The average molecular weight is 437 g/mol. The number of carbonyl (C=O) groups excluding carboxylic acids is 1. The second-order valence-corrected chi connectivity index (χ2v) is 7.53. The predicted molar refractivity (Wildman–Crippen MR) is 112 cm³/mol. The summed E-state index contributed by atoms with van der Waals surface area (Å²) in [5.74, 6) is 0.786. The fourth-order valence-electron chi connectivity index (χ4n) is 3.22. The van der Waals surface area contributed by atoms with Gasteiger partial charge < -0.3 is 14.9 Å². The summed E-state index contributed by atoms with van der Waals surface area (Å²) < 4.78 is 7.01. The largest absolute Gasteiger partial charge is 0.508 e. The molecule has 1 atom stereocenters. The molecule has 1 unspecified atom stereocenters. The van der Waals surface area contributed by atoms with Crippen LogP contribution in [-0.4, -0.2) is 22.1 Å². The van der Waals surface area contributed by atoms with E-state index in [9.17, 15) is 15.0 Å². The molecule has 0 bridgehead atoms. The molecule has 3 aromatic rings. The monoisotopic (exact) mass is 436 g/mol. The highest BCUT2D eigenvalue weighted by atomic mass is 79.9. The molecule has 0 aromatic heterocycles. The summed E-state index contributed by atoms with van der Waals surface area (Å²) >= 11 is 3.37. The third kappa shape index (κ3) is 3.80. The SMILES string of the molecule is O=C(CC1Oc2cc(O)ccc2C=C1c1ccc(O)cc1)c1ccc(Br)cc1. The fourth-order valence-corrected chi connectivity index (χ4v) is 3.48. The topological polar surface area (TPSA) is 66.8 Å². The van der Waals surface area contributed by atoms with Crippen molar-refractivity contribution in [3.8, 4) is 17.2 Å². The first kappa shape index (κ1) is 18.3. The molecule has 5 heteroatoms. The minimum atomic E-state index is -0.505. The van der Waals surface area contributed by atoms with Crippen LogP contribution in [-0.2, 0) is 0 Å². The zero-order chi connectivity index (χ0) is 19.7. The van der Waals surface area contributed by atoms with Crippen LogP contribution in [0.15, 0.2) is 71.2 Å². The van der Waals surface area contributed by atoms with Crippen molar-refractivity contribution in [3.63, 3.8) is 0 Å². The van der Waals surface area contributed by atoms with E-state index in [1.807, 2.05) is 18.2 Å². The van der Waals surface area contributed by atoms with Crippen LogP contribution in [0.5, 0.6) is 17.2 Å². The van der Waals surface area contributed by atoms with E-state index in [0.29, 0.717) is 11.3 Å². The number of phenolic OH excluding ortho intramolecular Hbond substituents is 2. The number of aromatic hydroxyl groups is 2. The summed E-state index contributed by atoms with van der Waals surface area (Å²) in [5, 5.41) is 19.4. The average Bonchev–Trinajstić information content (AvgIpc) is 2.68. The number of benzene rings is 3. The molecule has 1 heterocycles. The number of hydrogen-bond donors (Lipinski definition) is 2. The van der Waals surface area contributed by atoms with Crippen LogP contribution in [0.4, 0.5) is 0 Å². The Labute approximate surface area is 170 Å². The van der Waals surface area contributed by atoms with Crippen LogP contribution in [0, 0.1) is 0 Å². The Balaban J connectivity index is 1.70. The van der Waals surface area contributed by atoms with Gasteiger partial charge in [0.25, 0.3) is 0 Å². The van der Waals surface area contributed by atoms with Crippen LogP contribution in [0.1, 0.15) is 27.9 Å². The smallest absolute Gasteiger partial charge is 0.166 e. The third-order valence-corrected chi connectivity index (χ3v) is 5.19. The molecule has 0 fully saturated rings. The van der Waals surface area contributed by atoms with Gasteiger partial charge in [-0.15, -0.1) is 0 Å². The first-order chi connectivity index (χ1) is 13.5. The van der Waals surface area contributed by atoms with Gasteiger partial charge >= 0.3 is 0 Å². The molecule has 4 nitrogen and oxygen atoms in total. The molecule has 0 radical (unpaired) electrons. The number of fused-ring (bicyclic) bond motifs is 1. The maximum absolute atomic E-state index is 12.8. The first-order valence-corrected chi connectivity index (χ1v) is 9.58. The zero-order valence-corrected chi connectivity index (χ0v) is 16.4. The number of Topliss-reactive ketones (excluding diaryl/α,β-unsaturated/α-hetero) is 1. The number of ether oxygens (including phenoxy) is 1. The van der Waals surface area contributed by atoms with Crippen molar-refractivity contribution in [3.05, 3.63) is 87.9 Å². The van der Waals surface area contributed by atoms with Gasteiger partial charge in [0, 0.05) is 27.2 Å². The summed E-state index contributed by atoms with van der Waals surface area (Å²) in [7, 11) is 0. The third-order valence-electron chi connectivity index (χ3n) is 4.66. The molecule has 0 saturated heterocycles. The van der Waals surface area contributed by atoms with E-state index in [1.165, 1.54) is 0 Å². The second kappa shape index (κ2) is 7.52. The van der Waals surface area contributed by atoms with Crippen LogP contribution in [0.3, 0.4) is 0 Å². The Morgan fingerprint density at radius 2 is 1.61 bits per heavy atom. The summed E-state index contributed by atoms with van der Waals surface area (Å²) in [6.07, 6.45) is 1.61. The van der Waals surface area contributed by atoms with Crippen molar-refractivity contribution in [2.75, 3.05) is 0 Å². The molecule has 0 aliphatic carbocycles. The molecule has 1 aliphatic heterocycles. The van der Waals surface area contributed by atoms with Gasteiger partial charge in [0.15, 0.2) is 5.78 Å². The Bertz CT molecular complexity index is 1050. The van der Waals surface area contributed by atoms with Gasteiger partial charge in [0.2, 0.25) is 0 Å². The molecule has 3 aromatic carbocycles. The molecule has 28 heavy (non-hydrogen) atoms. The van der Waals surface area contributed by atoms with Gasteiger partial charge in [-0.25, -0.2) is 0 Å². The fraction of sp³-hybridized carbons (Fsp3) is 0.0870. The Hall–Kier alpha value is -3.05. The standard InChI is InChI=1S/C23H17BrO4/c24-17-6-1-15(2-7-17)21(27)13-23-20(14-3-8-18(25)9-4-14)11-16-5-10-19(26)12-22(16)28-23/h1-12,23,25-26H,13H2. The molecule has 140 valence electrons. The predicted octanol–water partition coefficient (Wildman–Crippen LogP) is 5.43. The lowest BCUT2D eigenvalue weighted by atomic mass is 9.91. The van der Waals surface area contributed by atoms with Crippen molar-refractivity contribution < 1.29 is 19.7 Å². The van der Waals surface area contributed by atoms with E-state index in [-0.39, 0.29) is 23.7 Å². The van der Waals surface area contributed by atoms with Crippen molar-refractivity contribution in [2.45, 2.75) is 12.5 Å². The Kier molecular flexibility index (Phi) is 4.92. The van der Waals surface area contributed by atoms with E-state index < -0.39 is 6.10 Å². The van der Waals surface area contributed by atoms with Gasteiger partial charge in [-0.3, -0.25) is 4.79 Å². The highest BCUT2D eigenvalue weighted by Crippen LogP contribution is 2.38. The summed E-state index contributed by atoms with van der Waals surface area (Å²) in [5.41, 5.74) is 3.15. The summed E-state index contributed by atoms with van der Waals surface area (Å²) in [4.78, 5) is 12.8. The van der Waals surface area contributed by atoms with Gasteiger partial charge in [-0.1, -0.05) is 40.2 Å². The molecule has 2 N–H and O–H groups in total. The number of hydrogen-bond acceptors (Lipinski definition) is 4. The van der Waals surface area contributed by atoms with Crippen LogP contribution in [0.2, 0.25) is 0 Å². The highest BCUT2D eigenvalue weighted by Gasteiger charge is 2.27. The number of rotatable bonds is 4. The maximum Gasteiger partial charge on any atom is 0.166 e. The van der Waals surface area contributed by atoms with Gasteiger partial charge in [-0.2, -0.15) is 0 Å². The van der Waals surface area contributed by atoms with Crippen molar-refractivity contribution in [1.29, 1.82) is 0 Å². The summed E-state index contributed by atoms with van der Waals surface area (Å²) in [6.45, 7) is 0. The lowest BCUT2D eigenvalue weighted by molar-refractivity contribution is 0.0939. The molecule has 0 amide bonds. The normalized spacial score (nSPS) is 15.3.